The van der Waals surface area contributed by atoms with Crippen LogP contribution in [0.25, 0.3) is 0 Å². The minimum atomic E-state index is -0.891. The Balaban J connectivity index is 1.47. The van der Waals surface area contributed by atoms with Gasteiger partial charge in [-0.25, -0.2) is 4.79 Å². The zero-order valence-corrected chi connectivity index (χ0v) is 14.3. The second-order valence-electron chi connectivity index (χ2n) is 6.43. The van der Waals surface area contributed by atoms with E-state index >= 15 is 0 Å². The Morgan fingerprint density at radius 2 is 2.20 bits per heavy atom. The van der Waals surface area contributed by atoms with Gasteiger partial charge in [-0.1, -0.05) is 24.4 Å². The largest absolute Gasteiger partial charge is 0.467 e. The first-order valence-corrected chi connectivity index (χ1v) is 8.73. The normalized spacial score (nSPS) is 17.8. The van der Waals surface area contributed by atoms with Gasteiger partial charge in [0.15, 0.2) is 5.82 Å². The first kappa shape index (κ1) is 17.5. The first-order valence-electron chi connectivity index (χ1n) is 8.73. The van der Waals surface area contributed by atoms with Crippen LogP contribution in [0.1, 0.15) is 74.6 Å². The molecule has 8 nitrogen and oxygen atoms in total. The molecule has 0 spiro atoms. The molecule has 136 valence electrons. The van der Waals surface area contributed by atoms with Crippen LogP contribution in [0.4, 0.5) is 4.79 Å². The number of aromatic nitrogens is 2. The number of aliphatic hydroxyl groups is 1. The monoisotopic (exact) mass is 348 g/mol. The summed E-state index contributed by atoms with van der Waals surface area (Å²) in [5.41, 5.74) is 0. The summed E-state index contributed by atoms with van der Waals surface area (Å²) >= 11 is 0. The Labute approximate surface area is 146 Å². The van der Waals surface area contributed by atoms with Crippen molar-refractivity contribution in [3.8, 4) is 0 Å². The van der Waals surface area contributed by atoms with Gasteiger partial charge >= 0.3 is 6.03 Å². The third kappa shape index (κ3) is 4.60. The lowest BCUT2D eigenvalue weighted by molar-refractivity contribution is 0.147. The summed E-state index contributed by atoms with van der Waals surface area (Å²) in [6.45, 7) is 1.82. The summed E-state index contributed by atoms with van der Waals surface area (Å²) < 4.78 is 10.4. The smallest absolute Gasteiger partial charge is 0.315 e. The molecular weight excluding hydrogens is 324 g/mol. The summed E-state index contributed by atoms with van der Waals surface area (Å²) in [6.07, 6.45) is 6.42. The third-order valence-electron chi connectivity index (χ3n) is 4.47. The van der Waals surface area contributed by atoms with Crippen LogP contribution in [-0.4, -0.2) is 27.8 Å². The highest BCUT2D eigenvalue weighted by Crippen LogP contribution is 2.31. The summed E-state index contributed by atoms with van der Waals surface area (Å²) in [5.74, 6) is 1.89. The van der Waals surface area contributed by atoms with E-state index in [1.54, 1.807) is 19.1 Å². The van der Waals surface area contributed by atoms with Crippen LogP contribution in [0, 0.1) is 0 Å². The number of furan rings is 1. The Kier molecular flexibility index (Phi) is 5.70. The fourth-order valence-corrected chi connectivity index (χ4v) is 3.03. The summed E-state index contributed by atoms with van der Waals surface area (Å²) in [4.78, 5) is 16.4. The minimum Gasteiger partial charge on any atom is -0.467 e. The molecule has 8 heteroatoms. The number of urea groups is 1. The molecule has 2 atom stereocenters. The van der Waals surface area contributed by atoms with E-state index in [1.807, 2.05) is 0 Å². The van der Waals surface area contributed by atoms with E-state index in [4.69, 9.17) is 8.94 Å². The Hall–Kier alpha value is -2.35. The molecule has 0 aliphatic heterocycles. The summed E-state index contributed by atoms with van der Waals surface area (Å²) in [7, 11) is 0. The fourth-order valence-electron chi connectivity index (χ4n) is 3.03. The molecule has 0 saturated heterocycles. The van der Waals surface area contributed by atoms with Crippen LogP contribution in [0.2, 0.25) is 0 Å². The van der Waals surface area contributed by atoms with E-state index in [1.165, 1.54) is 25.5 Å². The number of amides is 2. The van der Waals surface area contributed by atoms with Gasteiger partial charge in [-0.3, -0.25) is 0 Å². The highest BCUT2D eigenvalue weighted by atomic mass is 16.5. The van der Waals surface area contributed by atoms with Crippen molar-refractivity contribution in [2.45, 2.75) is 57.1 Å². The van der Waals surface area contributed by atoms with Crippen LogP contribution >= 0.6 is 0 Å². The van der Waals surface area contributed by atoms with E-state index in [2.05, 4.69) is 20.8 Å². The molecule has 3 rings (SSSR count). The number of nitrogens with zero attached hydrogens (tertiary/aromatic N) is 2. The van der Waals surface area contributed by atoms with Gasteiger partial charge in [0.2, 0.25) is 5.89 Å². The topological polar surface area (TPSA) is 113 Å². The molecular formula is C17H24N4O4. The van der Waals surface area contributed by atoms with Gasteiger partial charge < -0.3 is 24.7 Å². The van der Waals surface area contributed by atoms with Crippen LogP contribution in [0.5, 0.6) is 0 Å². The number of aliphatic hydroxyl groups excluding tert-OH is 1. The van der Waals surface area contributed by atoms with Crippen molar-refractivity contribution in [1.82, 2.24) is 20.8 Å². The molecule has 0 radical (unpaired) electrons. The lowest BCUT2D eigenvalue weighted by atomic mass is 9.89. The molecule has 2 aromatic heterocycles. The average molecular weight is 348 g/mol. The lowest BCUT2D eigenvalue weighted by Gasteiger charge is -2.17. The standard InChI is InChI=1S/C17H24N4O4/c1-11(16-20-15(21-25-16)12-6-3-2-4-7-12)19-17(23)18-10-13(22)14-8-5-9-24-14/h5,8-9,11-13,22H,2-4,6-7,10H2,1H3,(H2,18,19,23). The predicted molar refractivity (Wildman–Crippen MR) is 88.7 cm³/mol. The van der Waals surface area contributed by atoms with Crippen LogP contribution in [-0.2, 0) is 0 Å². The molecule has 0 aromatic carbocycles. The number of hydrogen-bond acceptors (Lipinski definition) is 6. The van der Waals surface area contributed by atoms with Crippen molar-refractivity contribution >= 4 is 6.03 Å². The van der Waals surface area contributed by atoms with Crippen molar-refractivity contribution in [2.75, 3.05) is 6.54 Å². The van der Waals surface area contributed by atoms with Gasteiger partial charge in [0.05, 0.1) is 12.8 Å². The number of nitrogens with one attached hydrogen (secondary N) is 2. The van der Waals surface area contributed by atoms with E-state index in [-0.39, 0.29) is 6.54 Å². The molecule has 1 aliphatic rings. The minimum absolute atomic E-state index is 0.0449. The van der Waals surface area contributed by atoms with Crippen molar-refractivity contribution in [3.05, 3.63) is 35.9 Å². The van der Waals surface area contributed by atoms with Crippen molar-refractivity contribution in [1.29, 1.82) is 0 Å². The van der Waals surface area contributed by atoms with E-state index in [0.717, 1.165) is 18.7 Å². The van der Waals surface area contributed by atoms with Gasteiger partial charge in [-0.15, -0.1) is 0 Å². The van der Waals surface area contributed by atoms with Gasteiger partial charge in [-0.2, -0.15) is 4.98 Å². The van der Waals surface area contributed by atoms with Crippen molar-refractivity contribution < 1.29 is 18.8 Å². The van der Waals surface area contributed by atoms with Crippen molar-refractivity contribution in [2.24, 2.45) is 0 Å². The average Bonchev–Trinajstić information content (AvgIpc) is 3.32. The van der Waals surface area contributed by atoms with E-state index in [0.29, 0.717) is 17.6 Å². The summed E-state index contributed by atoms with van der Waals surface area (Å²) in [5, 5.41) is 19.3. The number of hydrogen-bond donors (Lipinski definition) is 3. The SMILES string of the molecule is CC(NC(=O)NCC(O)c1ccco1)c1nc(C2CCCCC2)no1. The second kappa shape index (κ2) is 8.15. The number of carbonyl (C=O) groups is 1. The first-order chi connectivity index (χ1) is 12.1. The molecule has 1 aliphatic carbocycles. The Morgan fingerprint density at radius 1 is 1.40 bits per heavy atom. The Bertz CT molecular complexity index is 664. The maximum Gasteiger partial charge on any atom is 0.315 e. The Morgan fingerprint density at radius 3 is 2.92 bits per heavy atom. The fraction of sp³-hybridized carbons (Fsp3) is 0.588. The molecule has 3 N–H and O–H groups in total. The van der Waals surface area contributed by atoms with E-state index < -0.39 is 18.2 Å². The summed E-state index contributed by atoms with van der Waals surface area (Å²) in [6, 6.07) is 2.50. The number of carbonyl (C=O) groups excluding carboxylic acids is 1. The lowest BCUT2D eigenvalue weighted by Crippen LogP contribution is -2.39. The maximum absolute atomic E-state index is 12.0. The maximum atomic E-state index is 12.0. The second-order valence-corrected chi connectivity index (χ2v) is 6.43. The molecule has 2 heterocycles. The highest BCUT2D eigenvalue weighted by molar-refractivity contribution is 5.74. The predicted octanol–water partition coefficient (Wildman–Crippen LogP) is 2.80. The zero-order valence-electron chi connectivity index (χ0n) is 14.3. The third-order valence-corrected chi connectivity index (χ3v) is 4.47. The van der Waals surface area contributed by atoms with Gasteiger partial charge in [0.1, 0.15) is 17.9 Å². The van der Waals surface area contributed by atoms with Crippen LogP contribution in [0.3, 0.4) is 0 Å². The van der Waals surface area contributed by atoms with Gasteiger partial charge in [0.25, 0.3) is 0 Å². The van der Waals surface area contributed by atoms with E-state index in [9.17, 15) is 9.90 Å². The quantitative estimate of drug-likeness (QED) is 0.740. The molecule has 1 saturated carbocycles. The van der Waals surface area contributed by atoms with Crippen molar-refractivity contribution in [3.63, 3.8) is 0 Å². The molecule has 25 heavy (non-hydrogen) atoms. The molecule has 2 aromatic rings. The molecule has 2 unspecified atom stereocenters. The molecule has 0 bridgehead atoms. The number of rotatable bonds is 6. The highest BCUT2D eigenvalue weighted by Gasteiger charge is 2.23. The molecule has 2 amide bonds. The molecule has 1 fully saturated rings. The zero-order chi connectivity index (χ0) is 17.6. The van der Waals surface area contributed by atoms with Gasteiger partial charge in [-0.05, 0) is 31.9 Å². The van der Waals surface area contributed by atoms with Gasteiger partial charge in [0, 0.05) is 5.92 Å². The van der Waals surface area contributed by atoms with Crippen LogP contribution < -0.4 is 10.6 Å². The van der Waals surface area contributed by atoms with Crippen LogP contribution in [0.15, 0.2) is 27.3 Å².